The minimum atomic E-state index is -0.00694. The summed E-state index contributed by atoms with van der Waals surface area (Å²) in [7, 11) is 0. The van der Waals surface area contributed by atoms with Gasteiger partial charge in [0.05, 0.1) is 0 Å². The maximum atomic E-state index is 10.8. The van der Waals surface area contributed by atoms with E-state index in [1.54, 1.807) is 18.6 Å². The Morgan fingerprint density at radius 1 is 1.78 bits per heavy atom. The summed E-state index contributed by atoms with van der Waals surface area (Å²) in [6, 6.07) is 0. The summed E-state index contributed by atoms with van der Waals surface area (Å²) in [4.78, 5) is 14.5. The normalized spacial score (nSPS) is 9.44. The van der Waals surface area contributed by atoms with Gasteiger partial charge in [-0.1, -0.05) is 11.8 Å². The predicted octanol–water partition coefficient (Wildman–Crippen LogP) is 1.21. The lowest BCUT2D eigenvalue weighted by Crippen LogP contribution is -1.99. The van der Waals surface area contributed by atoms with Gasteiger partial charge >= 0.3 is 0 Å². The molecule has 0 bridgehead atoms. The number of thioether (sulfide) groups is 1. The minimum Gasteiger partial charge on any atom is -0.267 e. The van der Waals surface area contributed by atoms with Crippen molar-refractivity contribution in [3.63, 3.8) is 0 Å². The standard InChI is InChI=1S/C5H6N2OS/c1-9-5(8)7-3-2-6-4-7/h2-4H,1H3. The molecule has 0 radical (unpaired) electrons. The fourth-order valence-corrected chi connectivity index (χ4v) is 0.791. The van der Waals surface area contributed by atoms with Crippen LogP contribution in [0.25, 0.3) is 0 Å². The van der Waals surface area contributed by atoms with E-state index in [-0.39, 0.29) is 5.24 Å². The SMILES string of the molecule is CSC(=O)n1ccnc1. The Labute approximate surface area is 57.1 Å². The summed E-state index contributed by atoms with van der Waals surface area (Å²) >= 11 is 1.17. The molecule has 0 atom stereocenters. The number of aromatic nitrogens is 2. The zero-order valence-electron chi connectivity index (χ0n) is 4.94. The van der Waals surface area contributed by atoms with E-state index in [9.17, 15) is 4.79 Å². The molecule has 48 valence electrons. The highest BCUT2D eigenvalue weighted by molar-refractivity contribution is 8.13. The van der Waals surface area contributed by atoms with Gasteiger partial charge in [-0.05, 0) is 6.26 Å². The van der Waals surface area contributed by atoms with Crippen LogP contribution in [0, 0.1) is 0 Å². The molecular formula is C5H6N2OS. The molecule has 0 aromatic carbocycles. The van der Waals surface area contributed by atoms with Crippen LogP contribution in [0.4, 0.5) is 4.79 Å². The molecule has 0 aliphatic carbocycles. The number of hydrogen-bond donors (Lipinski definition) is 0. The number of nitrogens with zero attached hydrogens (tertiary/aromatic N) is 2. The molecule has 0 amide bonds. The molecule has 1 rings (SSSR count). The lowest BCUT2D eigenvalue weighted by atomic mass is 10.9. The molecule has 1 aromatic heterocycles. The summed E-state index contributed by atoms with van der Waals surface area (Å²) in [5.74, 6) is 0. The van der Waals surface area contributed by atoms with Crippen molar-refractivity contribution >= 4 is 17.0 Å². The molecule has 3 nitrogen and oxygen atoms in total. The smallest absolute Gasteiger partial charge is 0.267 e. The van der Waals surface area contributed by atoms with E-state index in [2.05, 4.69) is 4.98 Å². The first-order valence-electron chi connectivity index (χ1n) is 2.41. The molecular weight excluding hydrogens is 136 g/mol. The summed E-state index contributed by atoms with van der Waals surface area (Å²) < 4.78 is 1.44. The van der Waals surface area contributed by atoms with Gasteiger partial charge in [-0.25, -0.2) is 4.98 Å². The average Bonchev–Trinajstić information content (AvgIpc) is 2.37. The van der Waals surface area contributed by atoms with Crippen molar-refractivity contribution in [1.82, 2.24) is 9.55 Å². The van der Waals surface area contributed by atoms with Crippen molar-refractivity contribution < 1.29 is 4.79 Å². The van der Waals surface area contributed by atoms with Gasteiger partial charge < -0.3 is 0 Å². The van der Waals surface area contributed by atoms with Crippen molar-refractivity contribution in [2.45, 2.75) is 0 Å². The molecule has 0 saturated carbocycles. The van der Waals surface area contributed by atoms with Gasteiger partial charge in [0.1, 0.15) is 6.33 Å². The van der Waals surface area contributed by atoms with Crippen molar-refractivity contribution in [1.29, 1.82) is 0 Å². The van der Waals surface area contributed by atoms with Gasteiger partial charge in [0.15, 0.2) is 0 Å². The molecule has 0 unspecified atom stereocenters. The quantitative estimate of drug-likeness (QED) is 0.546. The molecule has 1 heterocycles. The van der Waals surface area contributed by atoms with E-state index in [0.29, 0.717) is 0 Å². The van der Waals surface area contributed by atoms with Crippen LogP contribution in [-0.4, -0.2) is 21.0 Å². The van der Waals surface area contributed by atoms with Crippen molar-refractivity contribution in [2.75, 3.05) is 6.26 Å². The van der Waals surface area contributed by atoms with Crippen LogP contribution >= 0.6 is 11.8 Å². The molecule has 0 aliphatic rings. The van der Waals surface area contributed by atoms with E-state index >= 15 is 0 Å². The van der Waals surface area contributed by atoms with E-state index in [1.165, 1.54) is 22.7 Å². The van der Waals surface area contributed by atoms with Crippen LogP contribution < -0.4 is 0 Å². The zero-order chi connectivity index (χ0) is 6.69. The maximum Gasteiger partial charge on any atom is 0.290 e. The number of rotatable bonds is 0. The minimum absolute atomic E-state index is 0.00694. The van der Waals surface area contributed by atoms with Gasteiger partial charge in [0.2, 0.25) is 0 Å². The third-order valence-electron chi connectivity index (χ3n) is 0.890. The topological polar surface area (TPSA) is 34.9 Å². The van der Waals surface area contributed by atoms with E-state index < -0.39 is 0 Å². The zero-order valence-corrected chi connectivity index (χ0v) is 5.76. The van der Waals surface area contributed by atoms with Gasteiger partial charge in [-0.15, -0.1) is 0 Å². The molecule has 1 aromatic rings. The lowest BCUT2D eigenvalue weighted by molar-refractivity contribution is 0.262. The van der Waals surface area contributed by atoms with Crippen LogP contribution in [0.15, 0.2) is 18.7 Å². The Hall–Kier alpha value is -0.770. The van der Waals surface area contributed by atoms with Crippen molar-refractivity contribution in [3.05, 3.63) is 18.7 Å². The first-order chi connectivity index (χ1) is 4.34. The number of hydrogen-bond acceptors (Lipinski definition) is 3. The molecule has 9 heavy (non-hydrogen) atoms. The van der Waals surface area contributed by atoms with Gasteiger partial charge in [0.25, 0.3) is 5.24 Å². The van der Waals surface area contributed by atoms with Crippen LogP contribution in [0.3, 0.4) is 0 Å². The Morgan fingerprint density at radius 2 is 2.56 bits per heavy atom. The Balaban J connectivity index is 2.77. The molecule has 0 fully saturated rings. The van der Waals surface area contributed by atoms with Crippen molar-refractivity contribution in [2.24, 2.45) is 0 Å². The van der Waals surface area contributed by atoms with Gasteiger partial charge in [-0.2, -0.15) is 0 Å². The van der Waals surface area contributed by atoms with Crippen LogP contribution in [0.1, 0.15) is 0 Å². The molecule has 0 spiro atoms. The fraction of sp³-hybridized carbons (Fsp3) is 0.200. The summed E-state index contributed by atoms with van der Waals surface area (Å²) in [6.45, 7) is 0. The maximum absolute atomic E-state index is 10.8. The molecule has 0 aliphatic heterocycles. The van der Waals surface area contributed by atoms with Gasteiger partial charge in [-0.3, -0.25) is 9.36 Å². The third kappa shape index (κ3) is 1.32. The van der Waals surface area contributed by atoms with Crippen LogP contribution in [0.2, 0.25) is 0 Å². The number of carbonyl (C=O) groups is 1. The number of imidazole rings is 1. The predicted molar refractivity (Wildman–Crippen MR) is 36.5 cm³/mol. The van der Waals surface area contributed by atoms with E-state index in [1.807, 2.05) is 0 Å². The van der Waals surface area contributed by atoms with Crippen LogP contribution in [-0.2, 0) is 0 Å². The third-order valence-corrected chi connectivity index (χ3v) is 1.45. The van der Waals surface area contributed by atoms with Crippen LogP contribution in [0.5, 0.6) is 0 Å². The second kappa shape index (κ2) is 2.68. The van der Waals surface area contributed by atoms with Gasteiger partial charge in [0, 0.05) is 12.4 Å². The summed E-state index contributed by atoms with van der Waals surface area (Å²) in [5, 5.41) is -0.00694. The highest BCUT2D eigenvalue weighted by Gasteiger charge is 1.97. The Morgan fingerprint density at radius 3 is 3.00 bits per heavy atom. The molecule has 0 N–H and O–H groups in total. The lowest BCUT2D eigenvalue weighted by Gasteiger charge is -1.91. The fourth-order valence-electron chi connectivity index (χ4n) is 0.473. The Kier molecular flexibility index (Phi) is 1.89. The van der Waals surface area contributed by atoms with E-state index in [4.69, 9.17) is 0 Å². The highest BCUT2D eigenvalue weighted by Crippen LogP contribution is 1.99. The van der Waals surface area contributed by atoms with E-state index in [0.717, 1.165) is 0 Å². The first-order valence-corrected chi connectivity index (χ1v) is 3.63. The number of carbonyl (C=O) groups excluding carboxylic acids is 1. The molecule has 0 saturated heterocycles. The Bertz CT molecular complexity index is 195. The largest absolute Gasteiger partial charge is 0.290 e. The second-order valence-corrected chi connectivity index (χ2v) is 2.20. The monoisotopic (exact) mass is 142 g/mol. The highest BCUT2D eigenvalue weighted by atomic mass is 32.2. The second-order valence-electron chi connectivity index (χ2n) is 1.44. The molecule has 4 heteroatoms. The summed E-state index contributed by atoms with van der Waals surface area (Å²) in [6.07, 6.45) is 6.42. The first kappa shape index (κ1) is 6.35. The summed E-state index contributed by atoms with van der Waals surface area (Å²) in [5.41, 5.74) is 0. The average molecular weight is 142 g/mol. The van der Waals surface area contributed by atoms with Crippen molar-refractivity contribution in [3.8, 4) is 0 Å².